The Hall–Kier alpha value is -2.86. The van der Waals surface area contributed by atoms with E-state index in [0.717, 1.165) is 11.4 Å². The van der Waals surface area contributed by atoms with Crippen LogP contribution in [0.1, 0.15) is 30.7 Å². The van der Waals surface area contributed by atoms with E-state index >= 15 is 0 Å². The molecule has 0 atom stereocenters. The molecule has 0 fully saturated rings. The zero-order chi connectivity index (χ0) is 21.8. The SMILES string of the molecule is O=C(O)CCP(CCC(=O)O)CCC(=O)N(Cc1ccccn1)Cc1ccccn1. The second-order valence-corrected chi connectivity index (χ2v) is 9.45. The summed E-state index contributed by atoms with van der Waals surface area (Å²) >= 11 is 0. The maximum absolute atomic E-state index is 13.0. The summed E-state index contributed by atoms with van der Waals surface area (Å²) in [6, 6.07) is 11.1. The van der Waals surface area contributed by atoms with Crippen LogP contribution in [0, 0.1) is 0 Å². The number of aromatic nitrogens is 2. The van der Waals surface area contributed by atoms with Gasteiger partial charge in [-0.25, -0.2) is 0 Å². The lowest BCUT2D eigenvalue weighted by Gasteiger charge is -2.24. The lowest BCUT2D eigenvalue weighted by molar-refractivity contribution is -0.137. The van der Waals surface area contributed by atoms with E-state index < -0.39 is 19.9 Å². The highest BCUT2D eigenvalue weighted by atomic mass is 31.1. The van der Waals surface area contributed by atoms with Gasteiger partial charge in [0.2, 0.25) is 5.91 Å². The van der Waals surface area contributed by atoms with Crippen molar-refractivity contribution in [2.45, 2.75) is 32.4 Å². The second-order valence-electron chi connectivity index (χ2n) is 6.77. The third-order valence-electron chi connectivity index (χ3n) is 4.44. The van der Waals surface area contributed by atoms with Gasteiger partial charge in [-0.05, 0) is 42.8 Å². The molecule has 2 aromatic rings. The van der Waals surface area contributed by atoms with Crippen LogP contribution in [0.15, 0.2) is 48.8 Å². The monoisotopic (exact) mass is 431 g/mol. The highest BCUT2D eigenvalue weighted by molar-refractivity contribution is 7.57. The van der Waals surface area contributed by atoms with Gasteiger partial charge in [-0.2, -0.15) is 0 Å². The van der Waals surface area contributed by atoms with Gasteiger partial charge in [-0.1, -0.05) is 12.1 Å². The average Bonchev–Trinajstić information content (AvgIpc) is 2.73. The van der Waals surface area contributed by atoms with E-state index in [1.807, 2.05) is 36.4 Å². The van der Waals surface area contributed by atoms with Gasteiger partial charge in [0.15, 0.2) is 0 Å². The van der Waals surface area contributed by atoms with Crippen LogP contribution in [0.2, 0.25) is 0 Å². The Morgan fingerprint density at radius 1 is 0.767 bits per heavy atom. The van der Waals surface area contributed by atoms with Crippen molar-refractivity contribution in [3.63, 3.8) is 0 Å². The van der Waals surface area contributed by atoms with Crippen LogP contribution >= 0.6 is 7.92 Å². The van der Waals surface area contributed by atoms with E-state index in [1.165, 1.54) is 0 Å². The lowest BCUT2D eigenvalue weighted by Crippen LogP contribution is -2.31. The van der Waals surface area contributed by atoms with Gasteiger partial charge in [0, 0.05) is 31.7 Å². The number of carboxylic acids is 2. The highest BCUT2D eigenvalue weighted by Crippen LogP contribution is 2.38. The Morgan fingerprint density at radius 2 is 1.23 bits per heavy atom. The van der Waals surface area contributed by atoms with E-state index in [4.69, 9.17) is 10.2 Å². The molecule has 0 aliphatic rings. The molecule has 2 N–H and O–H groups in total. The minimum Gasteiger partial charge on any atom is -0.481 e. The van der Waals surface area contributed by atoms with Crippen molar-refractivity contribution in [1.29, 1.82) is 0 Å². The van der Waals surface area contributed by atoms with Gasteiger partial charge in [0.1, 0.15) is 0 Å². The van der Waals surface area contributed by atoms with E-state index in [0.29, 0.717) is 31.6 Å². The van der Waals surface area contributed by atoms with Crippen LogP contribution in [0.4, 0.5) is 0 Å². The molecule has 0 aliphatic carbocycles. The number of rotatable bonds is 13. The van der Waals surface area contributed by atoms with E-state index in [-0.39, 0.29) is 25.2 Å². The fourth-order valence-corrected chi connectivity index (χ4v) is 5.05. The predicted molar refractivity (Wildman–Crippen MR) is 113 cm³/mol. The summed E-state index contributed by atoms with van der Waals surface area (Å²) in [5.41, 5.74) is 1.53. The number of carboxylic acid groups (broad SMARTS) is 2. The topological polar surface area (TPSA) is 121 Å². The summed E-state index contributed by atoms with van der Waals surface area (Å²) in [6.45, 7) is 0.691. The maximum Gasteiger partial charge on any atom is 0.303 e. The molecular weight excluding hydrogens is 405 g/mol. The molecule has 2 rings (SSSR count). The first kappa shape index (κ1) is 23.4. The molecule has 0 spiro atoms. The van der Waals surface area contributed by atoms with Crippen LogP contribution in [-0.4, -0.2) is 61.4 Å². The molecule has 0 aliphatic heterocycles. The number of aliphatic carboxylic acids is 2. The van der Waals surface area contributed by atoms with Crippen molar-refractivity contribution in [1.82, 2.24) is 14.9 Å². The second kappa shape index (κ2) is 12.6. The van der Waals surface area contributed by atoms with Crippen molar-refractivity contribution in [3.05, 3.63) is 60.2 Å². The zero-order valence-corrected chi connectivity index (χ0v) is 17.6. The third-order valence-corrected chi connectivity index (χ3v) is 7.00. The fraction of sp³-hybridized carbons (Fsp3) is 0.381. The fourth-order valence-electron chi connectivity index (χ4n) is 2.86. The van der Waals surface area contributed by atoms with Gasteiger partial charge in [-0.15, -0.1) is 7.92 Å². The molecule has 0 radical (unpaired) electrons. The summed E-state index contributed by atoms with van der Waals surface area (Å²) in [5.74, 6) is -1.89. The maximum atomic E-state index is 13.0. The Morgan fingerprint density at radius 3 is 1.63 bits per heavy atom. The molecule has 0 aromatic carbocycles. The Kier molecular flexibility index (Phi) is 9.87. The molecule has 0 saturated heterocycles. The van der Waals surface area contributed by atoms with E-state index in [1.54, 1.807) is 17.3 Å². The summed E-state index contributed by atoms with van der Waals surface area (Å²) < 4.78 is 0. The van der Waals surface area contributed by atoms with Crippen LogP contribution in [0.3, 0.4) is 0 Å². The normalized spacial score (nSPS) is 10.7. The zero-order valence-electron chi connectivity index (χ0n) is 16.7. The Bertz CT molecular complexity index is 760. The largest absolute Gasteiger partial charge is 0.481 e. The minimum atomic E-state index is -0.906. The first-order chi connectivity index (χ1) is 14.4. The van der Waals surface area contributed by atoms with Crippen molar-refractivity contribution in [2.75, 3.05) is 18.5 Å². The number of hydrogen-bond acceptors (Lipinski definition) is 5. The van der Waals surface area contributed by atoms with Gasteiger partial charge < -0.3 is 15.1 Å². The van der Waals surface area contributed by atoms with Crippen molar-refractivity contribution >= 4 is 25.8 Å². The number of amides is 1. The summed E-state index contributed by atoms with van der Waals surface area (Å²) in [6.07, 6.45) is 4.93. The molecular formula is C21H26N3O5P. The third kappa shape index (κ3) is 9.09. The average molecular weight is 431 g/mol. The van der Waals surface area contributed by atoms with Crippen molar-refractivity contribution in [3.8, 4) is 0 Å². The van der Waals surface area contributed by atoms with E-state index in [2.05, 4.69) is 9.97 Å². The summed E-state index contributed by atoms with van der Waals surface area (Å²) in [4.78, 5) is 45.1. The highest BCUT2D eigenvalue weighted by Gasteiger charge is 2.19. The molecule has 0 unspecified atom stereocenters. The summed E-state index contributed by atoms with van der Waals surface area (Å²) in [5, 5.41) is 17.9. The smallest absolute Gasteiger partial charge is 0.303 e. The Labute approximate surface area is 176 Å². The molecule has 9 heteroatoms. The number of nitrogens with zero attached hydrogens (tertiary/aromatic N) is 3. The molecule has 160 valence electrons. The number of hydrogen-bond donors (Lipinski definition) is 2. The number of carbonyl (C=O) groups is 3. The van der Waals surface area contributed by atoms with Gasteiger partial charge >= 0.3 is 11.9 Å². The molecule has 0 saturated carbocycles. The summed E-state index contributed by atoms with van der Waals surface area (Å²) in [7, 11) is -0.842. The Balaban J connectivity index is 2.03. The predicted octanol–water partition coefficient (Wildman–Crippen LogP) is 2.83. The molecule has 30 heavy (non-hydrogen) atoms. The molecule has 2 aromatic heterocycles. The molecule has 8 nitrogen and oxygen atoms in total. The first-order valence-electron chi connectivity index (χ1n) is 9.67. The molecule has 1 amide bonds. The van der Waals surface area contributed by atoms with Gasteiger partial charge in [0.05, 0.1) is 24.5 Å². The van der Waals surface area contributed by atoms with Crippen LogP contribution in [0.25, 0.3) is 0 Å². The standard InChI is InChI=1S/C21H26N3O5P/c25-19(7-12-30(13-8-20(26)27)14-9-21(28)29)24(15-17-5-1-3-10-22-17)16-18-6-2-4-11-23-18/h1-6,10-11H,7-9,12-16H2,(H,26,27)(H,28,29). The molecule has 2 heterocycles. The van der Waals surface area contributed by atoms with Crippen molar-refractivity contribution < 1.29 is 24.6 Å². The minimum absolute atomic E-state index is 0.00883. The van der Waals surface area contributed by atoms with Gasteiger partial charge in [0.25, 0.3) is 0 Å². The van der Waals surface area contributed by atoms with Crippen LogP contribution in [-0.2, 0) is 27.5 Å². The molecule has 0 bridgehead atoms. The number of carbonyl (C=O) groups excluding carboxylic acids is 1. The number of pyridine rings is 2. The quantitative estimate of drug-likeness (QED) is 0.468. The lowest BCUT2D eigenvalue weighted by atomic mass is 10.2. The van der Waals surface area contributed by atoms with Crippen molar-refractivity contribution in [2.24, 2.45) is 0 Å². The van der Waals surface area contributed by atoms with Crippen LogP contribution in [0.5, 0.6) is 0 Å². The van der Waals surface area contributed by atoms with E-state index in [9.17, 15) is 14.4 Å². The first-order valence-corrected chi connectivity index (χ1v) is 11.6. The van der Waals surface area contributed by atoms with Gasteiger partial charge in [-0.3, -0.25) is 24.4 Å². The van der Waals surface area contributed by atoms with Crippen LogP contribution < -0.4 is 0 Å².